The minimum atomic E-state index is 0.146. The van der Waals surface area contributed by atoms with Crippen LogP contribution in [0.1, 0.15) is 33.3 Å². The number of likely N-dealkylation sites (N-methyl/N-ethyl adjacent to an activating group) is 1. The van der Waals surface area contributed by atoms with Crippen molar-refractivity contribution in [3.63, 3.8) is 0 Å². The first-order valence-corrected chi connectivity index (χ1v) is 7.01. The number of hydrogen-bond donors (Lipinski definition) is 1. The first kappa shape index (κ1) is 15.8. The van der Waals surface area contributed by atoms with Gasteiger partial charge in [-0.2, -0.15) is 0 Å². The van der Waals surface area contributed by atoms with E-state index in [1.807, 2.05) is 37.9 Å². The maximum absolute atomic E-state index is 12.0. The Kier molecular flexibility index (Phi) is 6.09. The van der Waals surface area contributed by atoms with Crippen LogP contribution in [0.2, 0.25) is 0 Å². The molecule has 0 bridgehead atoms. The molecule has 0 atom stereocenters. The Balaban J connectivity index is 2.44. The first-order chi connectivity index (χ1) is 8.90. The molecule has 0 saturated carbocycles. The highest BCUT2D eigenvalue weighted by Crippen LogP contribution is 2.03. The molecular weight excluding hydrogens is 238 g/mol. The molecule has 1 amide bonds. The minimum absolute atomic E-state index is 0.146. The summed E-state index contributed by atoms with van der Waals surface area (Å²) in [6, 6.07) is 2.31. The molecule has 19 heavy (non-hydrogen) atoms. The molecule has 0 aliphatic rings. The molecule has 0 radical (unpaired) electrons. The number of amides is 1. The minimum Gasteiger partial charge on any atom is -0.345 e. The third kappa shape index (κ3) is 5.47. The topological polar surface area (TPSA) is 37.3 Å². The van der Waals surface area contributed by atoms with Crippen molar-refractivity contribution in [2.24, 2.45) is 5.92 Å². The Morgan fingerprint density at radius 1 is 1.37 bits per heavy atom. The van der Waals surface area contributed by atoms with Crippen molar-refractivity contribution in [1.29, 1.82) is 0 Å². The predicted octanol–water partition coefficient (Wildman–Crippen LogP) is 2.10. The van der Waals surface area contributed by atoms with Crippen LogP contribution in [0.15, 0.2) is 18.5 Å². The summed E-state index contributed by atoms with van der Waals surface area (Å²) in [4.78, 5) is 13.7. The van der Waals surface area contributed by atoms with Gasteiger partial charge in [0.05, 0.1) is 0 Å². The van der Waals surface area contributed by atoms with Crippen molar-refractivity contribution in [2.45, 2.75) is 46.8 Å². The molecule has 0 aromatic carbocycles. The van der Waals surface area contributed by atoms with E-state index in [0.29, 0.717) is 12.5 Å². The van der Waals surface area contributed by atoms with Crippen molar-refractivity contribution in [3.05, 3.63) is 24.0 Å². The predicted molar refractivity (Wildman–Crippen MR) is 78.9 cm³/mol. The molecule has 0 fully saturated rings. The zero-order chi connectivity index (χ0) is 14.4. The molecule has 1 aromatic heterocycles. The van der Waals surface area contributed by atoms with Crippen molar-refractivity contribution >= 4 is 5.91 Å². The van der Waals surface area contributed by atoms with Gasteiger partial charge in [0.1, 0.15) is 6.54 Å². The SMILES string of the molecule is CC(C)CNCc1ccn(CC(=O)N(C)C(C)C)c1. The number of carbonyl (C=O) groups excluding carboxylic acids is 1. The molecule has 0 spiro atoms. The van der Waals surface area contributed by atoms with Crippen LogP contribution in [-0.4, -0.2) is 35.0 Å². The van der Waals surface area contributed by atoms with Gasteiger partial charge >= 0.3 is 0 Å². The summed E-state index contributed by atoms with van der Waals surface area (Å²) in [5.41, 5.74) is 1.22. The van der Waals surface area contributed by atoms with Crippen LogP contribution in [0.3, 0.4) is 0 Å². The van der Waals surface area contributed by atoms with E-state index in [2.05, 4.69) is 25.2 Å². The Labute approximate surface area is 116 Å². The number of nitrogens with one attached hydrogen (secondary N) is 1. The van der Waals surface area contributed by atoms with E-state index in [4.69, 9.17) is 0 Å². The molecule has 1 aromatic rings. The second-order valence-corrected chi connectivity index (χ2v) is 5.82. The highest BCUT2D eigenvalue weighted by molar-refractivity contribution is 5.76. The number of hydrogen-bond acceptors (Lipinski definition) is 2. The molecule has 1 N–H and O–H groups in total. The molecule has 0 aliphatic heterocycles. The summed E-state index contributed by atoms with van der Waals surface area (Å²) in [5.74, 6) is 0.802. The zero-order valence-electron chi connectivity index (χ0n) is 12.8. The van der Waals surface area contributed by atoms with E-state index in [9.17, 15) is 4.79 Å². The monoisotopic (exact) mass is 265 g/mol. The fourth-order valence-electron chi connectivity index (χ4n) is 1.75. The van der Waals surface area contributed by atoms with Crippen LogP contribution in [0.25, 0.3) is 0 Å². The standard InChI is InChI=1S/C15H27N3O/c1-12(2)8-16-9-14-6-7-18(10-14)11-15(19)17(5)13(3)4/h6-7,10,12-13,16H,8-9,11H2,1-5H3. The first-order valence-electron chi connectivity index (χ1n) is 7.01. The molecule has 4 heteroatoms. The fraction of sp³-hybridized carbons (Fsp3) is 0.667. The number of rotatable bonds is 7. The molecule has 108 valence electrons. The van der Waals surface area contributed by atoms with Gasteiger partial charge in [-0.1, -0.05) is 13.8 Å². The largest absolute Gasteiger partial charge is 0.345 e. The summed E-state index contributed by atoms with van der Waals surface area (Å²) in [7, 11) is 1.85. The molecule has 1 heterocycles. The highest BCUT2D eigenvalue weighted by atomic mass is 16.2. The van der Waals surface area contributed by atoms with E-state index >= 15 is 0 Å². The summed E-state index contributed by atoms with van der Waals surface area (Å²) >= 11 is 0. The van der Waals surface area contributed by atoms with Gasteiger partial charge in [-0.3, -0.25) is 4.79 Å². The maximum Gasteiger partial charge on any atom is 0.242 e. The molecule has 0 aliphatic carbocycles. The molecule has 1 rings (SSSR count). The lowest BCUT2D eigenvalue weighted by molar-refractivity contribution is -0.131. The van der Waals surface area contributed by atoms with Crippen LogP contribution in [-0.2, 0) is 17.9 Å². The Morgan fingerprint density at radius 2 is 2.05 bits per heavy atom. The second-order valence-electron chi connectivity index (χ2n) is 5.82. The Morgan fingerprint density at radius 3 is 2.63 bits per heavy atom. The van der Waals surface area contributed by atoms with E-state index in [0.717, 1.165) is 13.1 Å². The molecule has 4 nitrogen and oxygen atoms in total. The lowest BCUT2D eigenvalue weighted by Gasteiger charge is -2.21. The van der Waals surface area contributed by atoms with E-state index < -0.39 is 0 Å². The summed E-state index contributed by atoms with van der Waals surface area (Å²) in [6.07, 6.45) is 4.01. The summed E-state index contributed by atoms with van der Waals surface area (Å²) in [5, 5.41) is 3.40. The van der Waals surface area contributed by atoms with Gasteiger partial charge < -0.3 is 14.8 Å². The lowest BCUT2D eigenvalue weighted by Crippen LogP contribution is -2.35. The normalized spacial score (nSPS) is 11.3. The van der Waals surface area contributed by atoms with Gasteiger partial charge in [-0.05, 0) is 37.9 Å². The highest BCUT2D eigenvalue weighted by Gasteiger charge is 2.12. The van der Waals surface area contributed by atoms with E-state index in [1.165, 1.54) is 5.56 Å². The number of nitrogens with zero attached hydrogens (tertiary/aromatic N) is 2. The van der Waals surface area contributed by atoms with Crippen LogP contribution < -0.4 is 5.32 Å². The third-order valence-electron chi connectivity index (χ3n) is 3.18. The van der Waals surface area contributed by atoms with E-state index in [-0.39, 0.29) is 11.9 Å². The van der Waals surface area contributed by atoms with E-state index in [1.54, 1.807) is 4.90 Å². The van der Waals surface area contributed by atoms with Crippen molar-refractivity contribution in [2.75, 3.05) is 13.6 Å². The smallest absolute Gasteiger partial charge is 0.242 e. The van der Waals surface area contributed by atoms with Crippen molar-refractivity contribution in [1.82, 2.24) is 14.8 Å². The zero-order valence-corrected chi connectivity index (χ0v) is 12.8. The average molecular weight is 265 g/mol. The van der Waals surface area contributed by atoms with Crippen LogP contribution in [0.5, 0.6) is 0 Å². The molecule has 0 unspecified atom stereocenters. The van der Waals surface area contributed by atoms with Crippen LogP contribution >= 0.6 is 0 Å². The fourth-order valence-corrected chi connectivity index (χ4v) is 1.75. The summed E-state index contributed by atoms with van der Waals surface area (Å²) in [6.45, 7) is 10.7. The van der Waals surface area contributed by atoms with Gasteiger partial charge in [0.15, 0.2) is 0 Å². The van der Waals surface area contributed by atoms with Gasteiger partial charge in [0.2, 0.25) is 5.91 Å². The number of carbonyl (C=O) groups is 1. The van der Waals surface area contributed by atoms with Crippen molar-refractivity contribution in [3.8, 4) is 0 Å². The Bertz CT molecular complexity index is 396. The van der Waals surface area contributed by atoms with Gasteiger partial charge in [0.25, 0.3) is 0 Å². The Hall–Kier alpha value is -1.29. The average Bonchev–Trinajstić information content (AvgIpc) is 2.75. The molecular formula is C15H27N3O. The number of aromatic nitrogens is 1. The lowest BCUT2D eigenvalue weighted by atomic mass is 10.2. The van der Waals surface area contributed by atoms with Gasteiger partial charge in [-0.25, -0.2) is 0 Å². The van der Waals surface area contributed by atoms with Gasteiger partial charge in [-0.15, -0.1) is 0 Å². The van der Waals surface area contributed by atoms with Gasteiger partial charge in [0, 0.05) is 32.0 Å². The maximum atomic E-state index is 12.0. The van der Waals surface area contributed by atoms with Crippen molar-refractivity contribution < 1.29 is 4.79 Å². The van der Waals surface area contributed by atoms with Crippen LogP contribution in [0.4, 0.5) is 0 Å². The summed E-state index contributed by atoms with van der Waals surface area (Å²) < 4.78 is 1.95. The molecule has 0 saturated heterocycles. The quantitative estimate of drug-likeness (QED) is 0.820. The third-order valence-corrected chi connectivity index (χ3v) is 3.18. The second kappa shape index (κ2) is 7.34. The van der Waals surface area contributed by atoms with Crippen LogP contribution in [0, 0.1) is 5.92 Å².